The van der Waals surface area contributed by atoms with Gasteiger partial charge < -0.3 is 10.2 Å². The Bertz CT molecular complexity index is 430. The van der Waals surface area contributed by atoms with Crippen LogP contribution in [0.4, 0.5) is 5.69 Å². The molecule has 1 aromatic rings. The van der Waals surface area contributed by atoms with Crippen molar-refractivity contribution in [1.82, 2.24) is 10.2 Å². The highest BCUT2D eigenvalue weighted by atomic mass is 16.6. The van der Waals surface area contributed by atoms with Crippen LogP contribution < -0.4 is 5.32 Å². The number of nitrogens with zero attached hydrogens (tertiary/aromatic N) is 2. The van der Waals surface area contributed by atoms with Gasteiger partial charge in [-0.05, 0) is 44.5 Å². The van der Waals surface area contributed by atoms with Crippen LogP contribution in [0.15, 0.2) is 24.3 Å². The van der Waals surface area contributed by atoms with E-state index in [1.165, 1.54) is 18.9 Å². The molecule has 1 aliphatic rings. The lowest BCUT2D eigenvalue weighted by atomic mass is 9.97. The van der Waals surface area contributed by atoms with Crippen LogP contribution in [-0.2, 0) is 6.54 Å². The van der Waals surface area contributed by atoms with Gasteiger partial charge in [0.1, 0.15) is 0 Å². The normalized spacial score (nSPS) is 16.7. The van der Waals surface area contributed by atoms with Crippen LogP contribution in [0, 0.1) is 16.0 Å². The van der Waals surface area contributed by atoms with Crippen molar-refractivity contribution in [2.24, 2.45) is 5.92 Å². The fraction of sp³-hybridized carbons (Fsp3) is 0.571. The number of hydrogen-bond acceptors (Lipinski definition) is 4. The molecule has 0 amide bonds. The van der Waals surface area contributed by atoms with E-state index in [9.17, 15) is 10.1 Å². The van der Waals surface area contributed by atoms with Crippen LogP contribution >= 0.6 is 0 Å². The van der Waals surface area contributed by atoms with Gasteiger partial charge in [-0.2, -0.15) is 0 Å². The minimum absolute atomic E-state index is 0.174. The molecule has 5 nitrogen and oxygen atoms in total. The summed E-state index contributed by atoms with van der Waals surface area (Å²) in [4.78, 5) is 12.7. The minimum Gasteiger partial charge on any atom is -0.317 e. The van der Waals surface area contributed by atoms with Crippen molar-refractivity contribution in [3.63, 3.8) is 0 Å². The Morgan fingerprint density at radius 2 is 2.16 bits per heavy atom. The molecule has 19 heavy (non-hydrogen) atoms. The van der Waals surface area contributed by atoms with E-state index < -0.39 is 0 Å². The SMILES string of the molecule is CN(Cc1cccc([N+](=O)[O-])c1)CC1CCNCC1. The molecule has 1 aromatic carbocycles. The molecular formula is C14H21N3O2. The first kappa shape index (κ1) is 14.0. The van der Waals surface area contributed by atoms with Crippen LogP contribution in [0.5, 0.6) is 0 Å². The maximum Gasteiger partial charge on any atom is 0.269 e. The van der Waals surface area contributed by atoms with Gasteiger partial charge in [0.25, 0.3) is 5.69 Å². The second-order valence-electron chi connectivity index (χ2n) is 5.32. The zero-order chi connectivity index (χ0) is 13.7. The number of nitro groups is 1. The quantitative estimate of drug-likeness (QED) is 0.652. The highest BCUT2D eigenvalue weighted by Gasteiger charge is 2.15. The molecule has 0 atom stereocenters. The zero-order valence-corrected chi connectivity index (χ0v) is 11.3. The summed E-state index contributed by atoms with van der Waals surface area (Å²) in [7, 11) is 2.08. The van der Waals surface area contributed by atoms with Crippen molar-refractivity contribution in [3.8, 4) is 0 Å². The second-order valence-corrected chi connectivity index (χ2v) is 5.32. The third-order valence-corrected chi connectivity index (χ3v) is 3.60. The summed E-state index contributed by atoms with van der Waals surface area (Å²) in [6, 6.07) is 6.91. The summed E-state index contributed by atoms with van der Waals surface area (Å²) in [5.41, 5.74) is 1.18. The molecule has 1 saturated heterocycles. The van der Waals surface area contributed by atoms with Gasteiger partial charge in [-0.15, -0.1) is 0 Å². The first-order valence-electron chi connectivity index (χ1n) is 6.78. The van der Waals surface area contributed by atoms with Gasteiger partial charge in [0.05, 0.1) is 4.92 Å². The molecule has 2 rings (SSSR count). The van der Waals surface area contributed by atoms with Gasteiger partial charge in [0.2, 0.25) is 0 Å². The highest BCUT2D eigenvalue weighted by Crippen LogP contribution is 2.17. The lowest BCUT2D eigenvalue weighted by molar-refractivity contribution is -0.384. The van der Waals surface area contributed by atoms with Gasteiger partial charge in [0.15, 0.2) is 0 Å². The molecule has 1 aliphatic heterocycles. The molecule has 1 fully saturated rings. The Morgan fingerprint density at radius 1 is 1.42 bits per heavy atom. The molecule has 0 aromatic heterocycles. The van der Waals surface area contributed by atoms with Crippen molar-refractivity contribution in [3.05, 3.63) is 39.9 Å². The zero-order valence-electron chi connectivity index (χ0n) is 11.3. The van der Waals surface area contributed by atoms with Crippen LogP contribution in [-0.4, -0.2) is 36.5 Å². The average molecular weight is 263 g/mol. The van der Waals surface area contributed by atoms with Gasteiger partial charge in [-0.25, -0.2) is 0 Å². The first-order valence-corrected chi connectivity index (χ1v) is 6.78. The van der Waals surface area contributed by atoms with E-state index >= 15 is 0 Å². The Labute approximate surface area is 113 Å². The van der Waals surface area contributed by atoms with Crippen molar-refractivity contribution in [1.29, 1.82) is 0 Å². The molecule has 0 bridgehead atoms. The van der Waals surface area contributed by atoms with Gasteiger partial charge >= 0.3 is 0 Å². The monoisotopic (exact) mass is 263 g/mol. The lowest BCUT2D eigenvalue weighted by Crippen LogP contribution is -2.34. The fourth-order valence-electron chi connectivity index (χ4n) is 2.65. The van der Waals surface area contributed by atoms with Crippen molar-refractivity contribution in [2.45, 2.75) is 19.4 Å². The average Bonchev–Trinajstić information content (AvgIpc) is 2.40. The minimum atomic E-state index is -0.337. The number of nitrogens with one attached hydrogen (secondary N) is 1. The highest BCUT2D eigenvalue weighted by molar-refractivity contribution is 5.34. The Hall–Kier alpha value is -1.46. The summed E-state index contributed by atoms with van der Waals surface area (Å²) >= 11 is 0. The Morgan fingerprint density at radius 3 is 2.84 bits per heavy atom. The Balaban J connectivity index is 1.88. The molecule has 104 valence electrons. The van der Waals surface area contributed by atoms with E-state index in [1.807, 2.05) is 6.07 Å². The molecule has 0 radical (unpaired) electrons. The smallest absolute Gasteiger partial charge is 0.269 e. The van der Waals surface area contributed by atoms with Crippen LogP contribution in [0.2, 0.25) is 0 Å². The number of benzene rings is 1. The second kappa shape index (κ2) is 6.63. The molecular weight excluding hydrogens is 242 g/mol. The number of non-ortho nitro benzene ring substituents is 1. The predicted molar refractivity (Wildman–Crippen MR) is 75.0 cm³/mol. The molecule has 0 saturated carbocycles. The number of piperidine rings is 1. The molecule has 5 heteroatoms. The predicted octanol–water partition coefficient (Wildman–Crippen LogP) is 2.03. The largest absolute Gasteiger partial charge is 0.317 e. The first-order chi connectivity index (χ1) is 9.15. The summed E-state index contributed by atoms with van der Waals surface area (Å²) in [5.74, 6) is 0.741. The van der Waals surface area contributed by atoms with Gasteiger partial charge in [-0.3, -0.25) is 10.1 Å². The maximum atomic E-state index is 10.7. The van der Waals surface area contributed by atoms with E-state index in [0.717, 1.165) is 37.7 Å². The summed E-state index contributed by atoms with van der Waals surface area (Å²) < 4.78 is 0. The summed E-state index contributed by atoms with van der Waals surface area (Å²) in [6.45, 7) is 4.04. The van der Waals surface area contributed by atoms with Crippen LogP contribution in [0.1, 0.15) is 18.4 Å². The van der Waals surface area contributed by atoms with E-state index in [4.69, 9.17) is 0 Å². The number of hydrogen-bond donors (Lipinski definition) is 1. The lowest BCUT2D eigenvalue weighted by Gasteiger charge is -2.27. The van der Waals surface area contributed by atoms with Crippen molar-refractivity contribution < 1.29 is 4.92 Å². The standard InChI is InChI=1S/C14H21N3O2/c1-16(10-12-5-7-15-8-6-12)11-13-3-2-4-14(9-13)17(18)19/h2-4,9,12,15H,5-8,10-11H2,1H3. The molecule has 1 N–H and O–H groups in total. The summed E-state index contributed by atoms with van der Waals surface area (Å²) in [6.07, 6.45) is 2.44. The van der Waals surface area contributed by atoms with Gasteiger partial charge in [-0.1, -0.05) is 12.1 Å². The summed E-state index contributed by atoms with van der Waals surface area (Å²) in [5, 5.41) is 14.1. The van der Waals surface area contributed by atoms with Crippen LogP contribution in [0.3, 0.4) is 0 Å². The van der Waals surface area contributed by atoms with Crippen molar-refractivity contribution >= 4 is 5.69 Å². The fourth-order valence-corrected chi connectivity index (χ4v) is 2.65. The molecule has 0 unspecified atom stereocenters. The third kappa shape index (κ3) is 4.29. The van der Waals surface area contributed by atoms with Gasteiger partial charge in [0, 0.05) is 25.2 Å². The number of rotatable bonds is 5. The topological polar surface area (TPSA) is 58.4 Å². The number of nitro benzene ring substituents is 1. The van der Waals surface area contributed by atoms with E-state index in [-0.39, 0.29) is 10.6 Å². The Kier molecular flexibility index (Phi) is 4.87. The van der Waals surface area contributed by atoms with E-state index in [1.54, 1.807) is 12.1 Å². The molecule has 0 aliphatic carbocycles. The van der Waals surface area contributed by atoms with E-state index in [2.05, 4.69) is 17.3 Å². The molecule has 1 heterocycles. The van der Waals surface area contributed by atoms with Crippen molar-refractivity contribution in [2.75, 3.05) is 26.7 Å². The maximum absolute atomic E-state index is 10.7. The third-order valence-electron chi connectivity index (χ3n) is 3.60. The van der Waals surface area contributed by atoms with E-state index in [0.29, 0.717) is 0 Å². The molecule has 0 spiro atoms. The van der Waals surface area contributed by atoms with Crippen LogP contribution in [0.25, 0.3) is 0 Å².